The Balaban J connectivity index is -0.000000431. The maximum Gasteiger partial charge on any atom is -0.0184 e. The largest absolute Gasteiger partial charge is 0.0683 e. The predicted octanol–water partition coefficient (Wildman–Crippen LogP) is 13.9. The van der Waals surface area contributed by atoms with Gasteiger partial charge < -0.3 is 0 Å². The van der Waals surface area contributed by atoms with Gasteiger partial charge in [-0.2, -0.15) is 0 Å². The second kappa shape index (κ2) is 35.4. The minimum Gasteiger partial charge on any atom is -0.0683 e. The fourth-order valence-electron chi connectivity index (χ4n) is 2.29. The minimum absolute atomic E-state index is 0.833. The summed E-state index contributed by atoms with van der Waals surface area (Å²) in [6, 6.07) is 52.7. The van der Waals surface area contributed by atoms with E-state index in [2.05, 4.69) is 111 Å². The summed E-state index contributed by atoms with van der Waals surface area (Å²) in [5.74, 6) is 2.50. The summed E-state index contributed by atoms with van der Waals surface area (Å²) in [4.78, 5) is 0. The zero-order valence-electron chi connectivity index (χ0n) is 28.7. The van der Waals surface area contributed by atoms with Crippen LogP contribution in [0.15, 0.2) is 158 Å². The van der Waals surface area contributed by atoms with Crippen LogP contribution < -0.4 is 0 Å². The van der Waals surface area contributed by atoms with Crippen LogP contribution in [-0.2, 0) is 0 Å². The van der Waals surface area contributed by atoms with Crippen LogP contribution in [0.3, 0.4) is 0 Å². The highest BCUT2D eigenvalue weighted by atomic mass is 13.9. The van der Waals surface area contributed by atoms with Crippen LogP contribution >= 0.6 is 0 Å². The summed E-state index contributed by atoms with van der Waals surface area (Å²) in [5, 5.41) is 2.62. The van der Waals surface area contributed by atoms with E-state index in [1.165, 1.54) is 10.8 Å². The molecule has 0 saturated carbocycles. The first-order valence-corrected chi connectivity index (χ1v) is 15.6. The molecule has 0 atom stereocenters. The molecular formula is C42H62. The van der Waals surface area contributed by atoms with Gasteiger partial charge >= 0.3 is 0 Å². The Labute approximate surface area is 261 Å². The third kappa shape index (κ3) is 43.4. The summed E-state index contributed by atoms with van der Waals surface area (Å²) < 4.78 is 0. The SMILES string of the molecule is CC.CC(C)C.CC(C)C.CC(C)C.c1ccc2ccccc2c1.c1ccccc1.c1ccccc1.c1ccccc1. The van der Waals surface area contributed by atoms with E-state index in [4.69, 9.17) is 0 Å². The molecule has 0 bridgehead atoms. The molecule has 0 nitrogen and oxygen atoms in total. The van der Waals surface area contributed by atoms with Crippen LogP contribution in [0.25, 0.3) is 10.8 Å². The molecule has 0 aliphatic rings. The highest BCUT2D eigenvalue weighted by molar-refractivity contribution is 5.82. The van der Waals surface area contributed by atoms with Crippen molar-refractivity contribution in [3.8, 4) is 0 Å². The predicted molar refractivity (Wildman–Crippen MR) is 196 cm³/mol. The number of hydrogen-bond acceptors (Lipinski definition) is 0. The molecular weight excluding hydrogens is 504 g/mol. The number of hydrogen-bond donors (Lipinski definition) is 0. The molecule has 5 rings (SSSR count). The smallest absolute Gasteiger partial charge is 0.0184 e. The molecule has 0 unspecified atom stereocenters. The van der Waals surface area contributed by atoms with E-state index in [1.807, 2.05) is 123 Å². The molecule has 0 aliphatic heterocycles. The van der Waals surface area contributed by atoms with Crippen LogP contribution in [0, 0.1) is 17.8 Å². The molecule has 42 heavy (non-hydrogen) atoms. The Kier molecular flexibility index (Phi) is 36.1. The first kappa shape index (κ1) is 42.8. The third-order valence-corrected chi connectivity index (χ3v) is 3.66. The summed E-state index contributed by atoms with van der Waals surface area (Å²) in [6.45, 7) is 23.5. The maximum atomic E-state index is 2.17. The number of benzene rings is 5. The molecule has 0 N–H and O–H groups in total. The second-order valence-electron chi connectivity index (χ2n) is 11.0. The molecule has 0 amide bonds. The summed E-state index contributed by atoms with van der Waals surface area (Å²) >= 11 is 0. The highest BCUT2D eigenvalue weighted by Gasteiger charge is 1.85. The van der Waals surface area contributed by atoms with Crippen molar-refractivity contribution in [1.82, 2.24) is 0 Å². The molecule has 0 saturated heterocycles. The van der Waals surface area contributed by atoms with Gasteiger partial charge in [0.2, 0.25) is 0 Å². The van der Waals surface area contributed by atoms with Gasteiger partial charge in [0.25, 0.3) is 0 Å². The zero-order chi connectivity index (χ0) is 32.3. The summed E-state index contributed by atoms with van der Waals surface area (Å²) in [6.07, 6.45) is 0. The normalized spacial score (nSPS) is 8.52. The van der Waals surface area contributed by atoms with Crippen molar-refractivity contribution >= 4 is 10.8 Å². The first-order valence-electron chi connectivity index (χ1n) is 15.6. The Morgan fingerprint density at radius 2 is 0.333 bits per heavy atom. The first-order chi connectivity index (χ1) is 20.2. The average Bonchev–Trinajstić information content (AvgIpc) is 3.01. The highest BCUT2D eigenvalue weighted by Crippen LogP contribution is 2.11. The molecule has 5 aromatic carbocycles. The molecule has 5 aromatic rings. The molecule has 0 aromatic heterocycles. The Morgan fingerprint density at radius 3 is 0.429 bits per heavy atom. The zero-order valence-corrected chi connectivity index (χ0v) is 28.7. The maximum absolute atomic E-state index is 2.17. The second-order valence-corrected chi connectivity index (χ2v) is 11.0. The van der Waals surface area contributed by atoms with Crippen LogP contribution in [0.4, 0.5) is 0 Å². The third-order valence-electron chi connectivity index (χ3n) is 3.66. The molecule has 0 fully saturated rings. The fourth-order valence-corrected chi connectivity index (χ4v) is 2.29. The van der Waals surface area contributed by atoms with E-state index in [-0.39, 0.29) is 0 Å². The molecule has 230 valence electrons. The van der Waals surface area contributed by atoms with Crippen molar-refractivity contribution in [3.05, 3.63) is 158 Å². The molecule has 0 aliphatic carbocycles. The van der Waals surface area contributed by atoms with E-state index < -0.39 is 0 Å². The topological polar surface area (TPSA) is 0 Å². The van der Waals surface area contributed by atoms with Crippen LogP contribution in [0.2, 0.25) is 0 Å². The van der Waals surface area contributed by atoms with Crippen molar-refractivity contribution in [1.29, 1.82) is 0 Å². The van der Waals surface area contributed by atoms with Gasteiger partial charge in [0, 0.05) is 0 Å². The fraction of sp³-hybridized carbons (Fsp3) is 0.333. The molecule has 0 spiro atoms. The lowest BCUT2D eigenvalue weighted by Crippen LogP contribution is -1.67. The van der Waals surface area contributed by atoms with Crippen LogP contribution in [0.1, 0.15) is 76.2 Å². The van der Waals surface area contributed by atoms with E-state index in [1.54, 1.807) is 0 Å². The standard InChI is InChI=1S/C10H8.3C6H6.3C4H10.C2H6/c1-2-6-10-8-4-3-7-9(10)5-1;3*1-2-4-6-5-3-1;3*1-4(2)3;1-2/h1-8H;3*1-6H;3*4H,1-3H3;1-2H3. The van der Waals surface area contributed by atoms with Gasteiger partial charge in [-0.25, -0.2) is 0 Å². The lowest BCUT2D eigenvalue weighted by atomic mass is 10.1. The van der Waals surface area contributed by atoms with Gasteiger partial charge in [-0.3, -0.25) is 0 Å². The number of rotatable bonds is 0. The molecule has 0 heterocycles. The Hall–Kier alpha value is -3.64. The minimum atomic E-state index is 0.833. The average molecular weight is 567 g/mol. The van der Waals surface area contributed by atoms with E-state index in [9.17, 15) is 0 Å². The van der Waals surface area contributed by atoms with Gasteiger partial charge in [-0.05, 0) is 28.5 Å². The van der Waals surface area contributed by atoms with Crippen molar-refractivity contribution in [3.63, 3.8) is 0 Å². The van der Waals surface area contributed by atoms with Gasteiger partial charge in [0.05, 0.1) is 0 Å². The van der Waals surface area contributed by atoms with Gasteiger partial charge in [-0.15, -0.1) is 0 Å². The van der Waals surface area contributed by atoms with Crippen LogP contribution in [-0.4, -0.2) is 0 Å². The Morgan fingerprint density at radius 1 is 0.238 bits per heavy atom. The van der Waals surface area contributed by atoms with Gasteiger partial charge in [-0.1, -0.05) is 234 Å². The van der Waals surface area contributed by atoms with Crippen molar-refractivity contribution in [2.24, 2.45) is 17.8 Å². The van der Waals surface area contributed by atoms with Gasteiger partial charge in [0.1, 0.15) is 0 Å². The summed E-state index contributed by atoms with van der Waals surface area (Å²) in [7, 11) is 0. The lowest BCUT2D eigenvalue weighted by Gasteiger charge is -1.92. The number of fused-ring (bicyclic) bond motifs is 1. The van der Waals surface area contributed by atoms with Gasteiger partial charge in [0.15, 0.2) is 0 Å². The van der Waals surface area contributed by atoms with Crippen molar-refractivity contribution in [2.75, 3.05) is 0 Å². The van der Waals surface area contributed by atoms with E-state index in [0.717, 1.165) is 17.8 Å². The molecule has 0 radical (unpaired) electrons. The van der Waals surface area contributed by atoms with E-state index >= 15 is 0 Å². The monoisotopic (exact) mass is 566 g/mol. The van der Waals surface area contributed by atoms with E-state index in [0.29, 0.717) is 0 Å². The lowest BCUT2D eigenvalue weighted by molar-refractivity contribution is 0.736. The van der Waals surface area contributed by atoms with Crippen molar-refractivity contribution in [2.45, 2.75) is 76.2 Å². The molecule has 0 heteroatoms. The quantitative estimate of drug-likeness (QED) is 0.175. The summed E-state index contributed by atoms with van der Waals surface area (Å²) in [5.41, 5.74) is 0. The van der Waals surface area contributed by atoms with Crippen molar-refractivity contribution < 1.29 is 0 Å². The van der Waals surface area contributed by atoms with Crippen LogP contribution in [0.5, 0.6) is 0 Å². The Bertz CT molecular complexity index is 839.